The van der Waals surface area contributed by atoms with Gasteiger partial charge in [0.1, 0.15) is 0 Å². The number of hydrogen-bond donors (Lipinski definition) is 1. The molecule has 1 N–H and O–H groups in total. The number of methoxy groups -OCH3 is 2. The standard InChI is InChI=1S/C19H19ClN2O5S/c1-11-12-9-16(26-3)17(27-4)10-15(12)22(2)28(24,25)18(11)19(23)21-14-8-6-5-7-13(14)20/h5-10H,1-4H3,(H,21,23). The maximum atomic E-state index is 13.1. The number of anilines is 2. The van der Waals surface area contributed by atoms with Crippen LogP contribution in [0.15, 0.2) is 41.3 Å². The van der Waals surface area contributed by atoms with Crippen molar-refractivity contribution < 1.29 is 22.7 Å². The monoisotopic (exact) mass is 422 g/mol. The van der Waals surface area contributed by atoms with Crippen LogP contribution in [-0.2, 0) is 14.8 Å². The quantitative estimate of drug-likeness (QED) is 0.815. The predicted octanol–water partition coefficient (Wildman–Crippen LogP) is 3.51. The number of rotatable bonds is 4. The molecule has 7 nitrogen and oxygen atoms in total. The van der Waals surface area contributed by atoms with Crippen LogP contribution in [0.4, 0.5) is 11.4 Å². The summed E-state index contributed by atoms with van der Waals surface area (Å²) in [5, 5.41) is 2.89. The van der Waals surface area contributed by atoms with Crippen molar-refractivity contribution in [2.75, 3.05) is 30.9 Å². The highest BCUT2D eigenvalue weighted by Gasteiger charge is 2.38. The molecule has 0 bridgehead atoms. The predicted molar refractivity (Wildman–Crippen MR) is 110 cm³/mol. The highest BCUT2D eigenvalue weighted by Crippen LogP contribution is 2.44. The summed E-state index contributed by atoms with van der Waals surface area (Å²) in [6.45, 7) is 1.58. The van der Waals surface area contributed by atoms with E-state index in [4.69, 9.17) is 21.1 Å². The number of amides is 1. The number of benzene rings is 2. The van der Waals surface area contributed by atoms with Gasteiger partial charge in [0.25, 0.3) is 15.9 Å². The molecule has 0 spiro atoms. The second kappa shape index (κ2) is 7.37. The fourth-order valence-corrected chi connectivity index (χ4v) is 4.69. The van der Waals surface area contributed by atoms with Crippen LogP contribution in [0.5, 0.6) is 11.5 Å². The third-order valence-electron chi connectivity index (χ3n) is 4.53. The van der Waals surface area contributed by atoms with E-state index >= 15 is 0 Å². The van der Waals surface area contributed by atoms with Gasteiger partial charge in [0, 0.05) is 18.7 Å². The van der Waals surface area contributed by atoms with Gasteiger partial charge in [-0.05, 0) is 30.7 Å². The van der Waals surface area contributed by atoms with Crippen molar-refractivity contribution in [3.63, 3.8) is 0 Å². The van der Waals surface area contributed by atoms with E-state index in [1.165, 1.54) is 21.3 Å². The van der Waals surface area contributed by atoms with E-state index in [0.29, 0.717) is 39.0 Å². The van der Waals surface area contributed by atoms with Crippen LogP contribution >= 0.6 is 11.6 Å². The van der Waals surface area contributed by atoms with Crippen LogP contribution in [0.25, 0.3) is 5.57 Å². The van der Waals surface area contributed by atoms with Gasteiger partial charge in [-0.1, -0.05) is 23.7 Å². The molecule has 0 aromatic heterocycles. The highest BCUT2D eigenvalue weighted by molar-refractivity contribution is 7.97. The summed E-state index contributed by atoms with van der Waals surface area (Å²) < 4.78 is 37.7. The maximum absolute atomic E-state index is 13.1. The number of fused-ring (bicyclic) bond motifs is 1. The van der Waals surface area contributed by atoms with Crippen molar-refractivity contribution in [2.45, 2.75) is 6.92 Å². The average Bonchev–Trinajstić information content (AvgIpc) is 2.67. The Morgan fingerprint density at radius 2 is 1.71 bits per heavy atom. The normalized spacial score (nSPS) is 15.1. The number of sulfonamides is 1. The zero-order valence-electron chi connectivity index (χ0n) is 15.7. The van der Waals surface area contributed by atoms with Crippen LogP contribution in [0.2, 0.25) is 5.02 Å². The number of halogens is 1. The number of nitrogens with zero attached hydrogens (tertiary/aromatic N) is 1. The van der Waals surface area contributed by atoms with Gasteiger partial charge >= 0.3 is 0 Å². The Balaban J connectivity index is 2.17. The summed E-state index contributed by atoms with van der Waals surface area (Å²) in [5.41, 5.74) is 1.58. The molecular weight excluding hydrogens is 404 g/mol. The second-order valence-electron chi connectivity index (χ2n) is 6.08. The first-order valence-corrected chi connectivity index (χ1v) is 10.1. The number of allylic oxidation sites excluding steroid dienone is 1. The fraction of sp³-hybridized carbons (Fsp3) is 0.211. The molecule has 1 heterocycles. The third kappa shape index (κ3) is 3.18. The van der Waals surface area contributed by atoms with Gasteiger partial charge in [-0.2, -0.15) is 0 Å². The summed E-state index contributed by atoms with van der Waals surface area (Å²) in [4.78, 5) is 12.5. The number of ether oxygens (including phenoxy) is 2. The van der Waals surface area contributed by atoms with Crippen LogP contribution in [0.1, 0.15) is 12.5 Å². The molecule has 0 aliphatic carbocycles. The van der Waals surface area contributed by atoms with Crippen molar-refractivity contribution in [2.24, 2.45) is 0 Å². The Hall–Kier alpha value is -2.71. The summed E-state index contributed by atoms with van der Waals surface area (Å²) in [6, 6.07) is 9.82. The largest absolute Gasteiger partial charge is 0.493 e. The van der Waals surface area contributed by atoms with Crippen molar-refractivity contribution in [3.8, 4) is 11.5 Å². The number of nitrogens with one attached hydrogen (secondary N) is 1. The lowest BCUT2D eigenvalue weighted by Gasteiger charge is -2.30. The van der Waals surface area contributed by atoms with E-state index < -0.39 is 15.9 Å². The van der Waals surface area contributed by atoms with Crippen LogP contribution in [0.3, 0.4) is 0 Å². The van der Waals surface area contributed by atoms with E-state index in [1.807, 2.05) is 0 Å². The van der Waals surface area contributed by atoms with Crippen LogP contribution in [0, 0.1) is 0 Å². The first-order chi connectivity index (χ1) is 13.2. The number of carbonyl (C=O) groups is 1. The summed E-state index contributed by atoms with van der Waals surface area (Å²) in [6.07, 6.45) is 0. The SMILES string of the molecule is COc1cc2c(cc1OC)N(C)S(=O)(=O)C(C(=O)Nc1ccccc1Cl)=C2C. The third-order valence-corrected chi connectivity index (χ3v) is 6.79. The van der Waals surface area contributed by atoms with Crippen molar-refractivity contribution >= 4 is 44.5 Å². The Morgan fingerprint density at radius 3 is 2.32 bits per heavy atom. The van der Waals surface area contributed by atoms with Gasteiger partial charge < -0.3 is 14.8 Å². The van der Waals surface area contributed by atoms with Gasteiger partial charge in [-0.3, -0.25) is 9.10 Å². The molecule has 28 heavy (non-hydrogen) atoms. The van der Waals surface area contributed by atoms with Gasteiger partial charge in [-0.25, -0.2) is 8.42 Å². The molecule has 0 saturated carbocycles. The Labute approximate surface area is 168 Å². The molecule has 0 atom stereocenters. The van der Waals surface area contributed by atoms with Crippen LogP contribution < -0.4 is 19.1 Å². The summed E-state index contributed by atoms with van der Waals surface area (Å²) in [7, 11) is 0.253. The van der Waals surface area contributed by atoms with E-state index in [-0.39, 0.29) is 4.91 Å². The van der Waals surface area contributed by atoms with E-state index in [2.05, 4.69) is 5.32 Å². The van der Waals surface area contributed by atoms with Crippen LogP contribution in [-0.4, -0.2) is 35.6 Å². The minimum Gasteiger partial charge on any atom is -0.493 e. The lowest BCUT2D eigenvalue weighted by atomic mass is 10.0. The van der Waals surface area contributed by atoms with E-state index in [9.17, 15) is 13.2 Å². The first kappa shape index (κ1) is 20.0. The molecule has 0 unspecified atom stereocenters. The minimum atomic E-state index is -4.08. The first-order valence-electron chi connectivity index (χ1n) is 8.24. The minimum absolute atomic E-state index is 0.304. The summed E-state index contributed by atoms with van der Waals surface area (Å²) in [5.74, 6) is 0.0529. The Morgan fingerprint density at radius 1 is 1.11 bits per heavy atom. The summed E-state index contributed by atoms with van der Waals surface area (Å²) >= 11 is 6.08. The molecule has 0 saturated heterocycles. The number of hydrogen-bond acceptors (Lipinski definition) is 5. The average molecular weight is 423 g/mol. The van der Waals surface area contributed by atoms with Gasteiger partial charge in [0.05, 0.1) is 30.6 Å². The molecule has 148 valence electrons. The lowest BCUT2D eigenvalue weighted by molar-refractivity contribution is -0.112. The topological polar surface area (TPSA) is 84.9 Å². The zero-order valence-corrected chi connectivity index (χ0v) is 17.3. The Kier molecular flexibility index (Phi) is 5.27. The van der Waals surface area contributed by atoms with Crippen molar-refractivity contribution in [3.05, 3.63) is 51.9 Å². The molecule has 3 rings (SSSR count). The molecule has 2 aromatic rings. The highest BCUT2D eigenvalue weighted by atomic mass is 35.5. The number of carbonyl (C=O) groups excluding carboxylic acids is 1. The lowest BCUT2D eigenvalue weighted by Crippen LogP contribution is -2.36. The number of para-hydroxylation sites is 1. The molecule has 1 amide bonds. The van der Waals surface area contributed by atoms with E-state index in [1.54, 1.807) is 43.3 Å². The van der Waals surface area contributed by atoms with Crippen molar-refractivity contribution in [1.82, 2.24) is 0 Å². The molecule has 1 aliphatic rings. The molecule has 0 fully saturated rings. The van der Waals surface area contributed by atoms with E-state index in [0.717, 1.165) is 4.31 Å². The molecule has 1 aliphatic heterocycles. The Bertz CT molecular complexity index is 1100. The van der Waals surface area contributed by atoms with Crippen molar-refractivity contribution in [1.29, 1.82) is 0 Å². The van der Waals surface area contributed by atoms with Gasteiger partial charge in [0.2, 0.25) is 0 Å². The second-order valence-corrected chi connectivity index (χ2v) is 8.40. The molecule has 0 radical (unpaired) electrons. The smallest absolute Gasteiger partial charge is 0.269 e. The molecule has 9 heteroatoms. The van der Waals surface area contributed by atoms with Gasteiger partial charge in [0.15, 0.2) is 16.4 Å². The fourth-order valence-electron chi connectivity index (χ4n) is 3.04. The maximum Gasteiger partial charge on any atom is 0.269 e. The molecule has 2 aromatic carbocycles. The molecular formula is C19H19ClN2O5S. The van der Waals surface area contributed by atoms with Gasteiger partial charge in [-0.15, -0.1) is 0 Å². The zero-order chi connectivity index (χ0) is 20.6.